The monoisotopic (exact) mass is 821 g/mol. The van der Waals surface area contributed by atoms with E-state index >= 15 is 0 Å². The average molecular weight is 822 g/mol. The van der Waals surface area contributed by atoms with Crippen molar-refractivity contribution in [3.8, 4) is 56.7 Å². The highest BCUT2D eigenvalue weighted by atomic mass is 32.1. The summed E-state index contributed by atoms with van der Waals surface area (Å²) in [4.78, 5) is 15.1. The first kappa shape index (κ1) is 35.6. The number of benzene rings is 9. The molecule has 13 aromatic rings. The lowest BCUT2D eigenvalue weighted by Crippen LogP contribution is -2.00. The van der Waals surface area contributed by atoms with Crippen molar-refractivity contribution in [2.75, 3.05) is 0 Å². The van der Waals surface area contributed by atoms with Crippen molar-refractivity contribution in [2.24, 2.45) is 0 Å². The van der Waals surface area contributed by atoms with Crippen LogP contribution in [0.15, 0.2) is 212 Å². The summed E-state index contributed by atoms with van der Waals surface area (Å²) in [7, 11) is 0. The maximum Gasteiger partial charge on any atom is 0.164 e. The highest BCUT2D eigenvalue weighted by Gasteiger charge is 2.23. The van der Waals surface area contributed by atoms with E-state index in [2.05, 4.69) is 185 Å². The van der Waals surface area contributed by atoms with Crippen molar-refractivity contribution in [2.45, 2.75) is 0 Å². The molecule has 4 heterocycles. The predicted molar refractivity (Wildman–Crippen MR) is 263 cm³/mol. The quantitative estimate of drug-likeness (QED) is 0.168. The zero-order chi connectivity index (χ0) is 41.4. The molecular weight excluding hydrogens is 787 g/mol. The number of para-hydroxylation sites is 3. The molecule has 0 N–H and O–H groups in total. The van der Waals surface area contributed by atoms with Gasteiger partial charge in [0.15, 0.2) is 17.5 Å². The Hall–Kier alpha value is -8.19. The van der Waals surface area contributed by atoms with Crippen molar-refractivity contribution in [1.82, 2.24) is 24.1 Å². The van der Waals surface area contributed by atoms with E-state index in [4.69, 9.17) is 15.0 Å². The number of aromatic nitrogens is 5. The molecule has 0 saturated heterocycles. The molecule has 63 heavy (non-hydrogen) atoms. The molecule has 0 radical (unpaired) electrons. The largest absolute Gasteiger partial charge is 0.307 e. The van der Waals surface area contributed by atoms with Crippen LogP contribution in [0, 0.1) is 0 Å². The molecule has 0 aliphatic heterocycles. The standard InChI is InChI=1S/C57H35N5S/c1-5-16-36(17-6-1)39-29-33-49-47(34-39)42-24-13-14-26-48(42)62(49)50-27-15-25-44-45-31-32-46-43-30-28-40(35-51(43)63-54(46)53(45)61(52(44)50)41-22-11-4-12-23-41)57-59-55(37-18-7-2-8-19-37)58-56(60-57)38-20-9-3-10-21-38/h1-35H. The summed E-state index contributed by atoms with van der Waals surface area (Å²) in [5, 5.41) is 7.34. The first-order valence-electron chi connectivity index (χ1n) is 21.2. The number of hydrogen-bond donors (Lipinski definition) is 0. The van der Waals surface area contributed by atoms with Gasteiger partial charge in [0.05, 0.1) is 32.5 Å². The highest BCUT2D eigenvalue weighted by molar-refractivity contribution is 7.26. The molecule has 0 aliphatic carbocycles. The van der Waals surface area contributed by atoms with Gasteiger partial charge in [0, 0.05) is 59.4 Å². The molecule has 0 aliphatic rings. The Bertz CT molecular complexity index is 3830. The molecule has 9 aromatic carbocycles. The van der Waals surface area contributed by atoms with E-state index in [1.165, 1.54) is 74.9 Å². The minimum absolute atomic E-state index is 0.650. The zero-order valence-corrected chi connectivity index (χ0v) is 34.7. The second-order valence-corrected chi connectivity index (χ2v) is 17.0. The third-order valence-electron chi connectivity index (χ3n) is 12.4. The fraction of sp³-hybridized carbons (Fsp3) is 0. The third-order valence-corrected chi connectivity index (χ3v) is 13.5. The molecule has 4 aromatic heterocycles. The molecule has 13 rings (SSSR count). The average Bonchev–Trinajstić information content (AvgIpc) is 4.02. The van der Waals surface area contributed by atoms with Gasteiger partial charge >= 0.3 is 0 Å². The zero-order valence-electron chi connectivity index (χ0n) is 33.9. The van der Waals surface area contributed by atoms with E-state index < -0.39 is 0 Å². The maximum atomic E-state index is 5.07. The molecule has 0 unspecified atom stereocenters. The Morgan fingerprint density at radius 1 is 0.317 bits per heavy atom. The van der Waals surface area contributed by atoms with Crippen LogP contribution in [0.4, 0.5) is 0 Å². The van der Waals surface area contributed by atoms with E-state index in [0.717, 1.165) is 28.1 Å². The van der Waals surface area contributed by atoms with Gasteiger partial charge in [-0.1, -0.05) is 170 Å². The number of nitrogens with zero attached hydrogens (tertiary/aromatic N) is 5. The van der Waals surface area contributed by atoms with E-state index in [0.29, 0.717) is 17.5 Å². The molecule has 0 bridgehead atoms. The Balaban J connectivity index is 1.06. The van der Waals surface area contributed by atoms with Crippen molar-refractivity contribution in [3.63, 3.8) is 0 Å². The normalized spacial score (nSPS) is 11.8. The lowest BCUT2D eigenvalue weighted by molar-refractivity contribution is 1.07. The van der Waals surface area contributed by atoms with E-state index in [-0.39, 0.29) is 0 Å². The van der Waals surface area contributed by atoms with Gasteiger partial charge in [0.2, 0.25) is 0 Å². The second-order valence-electron chi connectivity index (χ2n) is 16.0. The Morgan fingerprint density at radius 2 is 0.857 bits per heavy atom. The number of hydrogen-bond acceptors (Lipinski definition) is 4. The first-order valence-corrected chi connectivity index (χ1v) is 22.0. The van der Waals surface area contributed by atoms with Gasteiger partial charge in [0.25, 0.3) is 0 Å². The van der Waals surface area contributed by atoms with Crippen molar-refractivity contribution < 1.29 is 0 Å². The third kappa shape index (κ3) is 5.66. The molecule has 0 saturated carbocycles. The summed E-state index contributed by atoms with van der Waals surface area (Å²) in [6.45, 7) is 0. The first-order chi connectivity index (χ1) is 31.2. The lowest BCUT2D eigenvalue weighted by atomic mass is 10.0. The molecule has 0 spiro atoms. The molecule has 0 atom stereocenters. The summed E-state index contributed by atoms with van der Waals surface area (Å²) in [5.74, 6) is 1.96. The van der Waals surface area contributed by atoms with Gasteiger partial charge in [-0.05, 0) is 53.6 Å². The van der Waals surface area contributed by atoms with E-state index in [1.807, 2.05) is 47.7 Å². The lowest BCUT2D eigenvalue weighted by Gasteiger charge is -2.14. The SMILES string of the molecule is c1ccc(-c2ccc3c(c2)c2ccccc2n3-c2cccc3c4ccc5c6ccc(-c7nc(-c8ccccc8)nc(-c8ccccc8)n7)cc6sc5c4n(-c4ccccc4)c23)cc1. The number of thiophene rings is 1. The van der Waals surface area contributed by atoms with Crippen LogP contribution in [0.2, 0.25) is 0 Å². The maximum absolute atomic E-state index is 5.07. The Morgan fingerprint density at radius 3 is 1.57 bits per heavy atom. The summed E-state index contributed by atoms with van der Waals surface area (Å²) in [6, 6.07) is 75.6. The summed E-state index contributed by atoms with van der Waals surface area (Å²) in [6.07, 6.45) is 0. The van der Waals surface area contributed by atoms with Crippen LogP contribution >= 0.6 is 11.3 Å². The Kier molecular flexibility index (Phi) is 8.01. The molecule has 294 valence electrons. The van der Waals surface area contributed by atoms with Crippen LogP contribution < -0.4 is 0 Å². The van der Waals surface area contributed by atoms with Gasteiger partial charge in [0.1, 0.15) is 0 Å². The minimum atomic E-state index is 0.650. The van der Waals surface area contributed by atoms with Crippen LogP contribution in [-0.2, 0) is 0 Å². The van der Waals surface area contributed by atoms with Crippen LogP contribution in [0.5, 0.6) is 0 Å². The van der Waals surface area contributed by atoms with E-state index in [1.54, 1.807) is 0 Å². The summed E-state index contributed by atoms with van der Waals surface area (Å²) in [5.41, 5.74) is 12.3. The smallest absolute Gasteiger partial charge is 0.164 e. The predicted octanol–water partition coefficient (Wildman–Crippen LogP) is 15.1. The van der Waals surface area contributed by atoms with Crippen LogP contribution in [0.3, 0.4) is 0 Å². The summed E-state index contributed by atoms with van der Waals surface area (Å²) >= 11 is 1.83. The van der Waals surface area contributed by atoms with Crippen LogP contribution in [0.1, 0.15) is 0 Å². The molecular formula is C57H35N5S. The molecule has 5 nitrogen and oxygen atoms in total. The molecule has 6 heteroatoms. The van der Waals surface area contributed by atoms with Crippen LogP contribution in [0.25, 0.3) is 120 Å². The fourth-order valence-electron chi connectivity index (χ4n) is 9.50. The minimum Gasteiger partial charge on any atom is -0.307 e. The van der Waals surface area contributed by atoms with Crippen molar-refractivity contribution in [3.05, 3.63) is 212 Å². The van der Waals surface area contributed by atoms with Crippen LogP contribution in [-0.4, -0.2) is 24.1 Å². The van der Waals surface area contributed by atoms with Gasteiger partial charge in [-0.3, -0.25) is 0 Å². The topological polar surface area (TPSA) is 48.5 Å². The van der Waals surface area contributed by atoms with Gasteiger partial charge in [-0.15, -0.1) is 11.3 Å². The summed E-state index contributed by atoms with van der Waals surface area (Å²) < 4.78 is 7.39. The van der Waals surface area contributed by atoms with Crippen molar-refractivity contribution >= 4 is 75.1 Å². The van der Waals surface area contributed by atoms with Gasteiger partial charge < -0.3 is 9.13 Å². The van der Waals surface area contributed by atoms with Gasteiger partial charge in [-0.2, -0.15) is 0 Å². The van der Waals surface area contributed by atoms with E-state index in [9.17, 15) is 0 Å². The number of fused-ring (bicyclic) bond motifs is 10. The number of rotatable bonds is 6. The molecule has 0 fully saturated rings. The Labute approximate surface area is 366 Å². The van der Waals surface area contributed by atoms with Crippen molar-refractivity contribution in [1.29, 1.82) is 0 Å². The van der Waals surface area contributed by atoms with Gasteiger partial charge in [-0.25, -0.2) is 15.0 Å². The fourth-order valence-corrected chi connectivity index (χ4v) is 10.8. The highest BCUT2D eigenvalue weighted by Crippen LogP contribution is 2.46. The second kappa shape index (κ2) is 14.2. The molecule has 0 amide bonds.